The molecule has 0 saturated carbocycles. The molecule has 1 rings (SSSR count). The van der Waals surface area contributed by atoms with Crippen molar-refractivity contribution in [2.45, 2.75) is 12.1 Å². The quantitative estimate of drug-likeness (QED) is 0.231. The van der Waals surface area contributed by atoms with Crippen molar-refractivity contribution in [3.8, 4) is 0 Å². The number of ether oxygens (including phenoxy) is 4. The summed E-state index contributed by atoms with van der Waals surface area (Å²) in [6.07, 6.45) is 0. The predicted octanol–water partition coefficient (Wildman–Crippen LogP) is -4.75. The first-order valence-corrected chi connectivity index (χ1v) is 10.1. The summed E-state index contributed by atoms with van der Waals surface area (Å²) >= 11 is 0. The van der Waals surface area contributed by atoms with Crippen LogP contribution in [0, 0.1) is 0 Å². The summed E-state index contributed by atoms with van der Waals surface area (Å²) < 4.78 is 20.7. The van der Waals surface area contributed by atoms with E-state index in [1.165, 1.54) is 0 Å². The maximum Gasteiger partial charge on any atom is 0.246 e. The molecule has 1 fully saturated rings. The summed E-state index contributed by atoms with van der Waals surface area (Å²) in [6, 6.07) is -2.26. The number of amides is 4. The van der Waals surface area contributed by atoms with Crippen LogP contribution in [0.3, 0.4) is 0 Å². The van der Waals surface area contributed by atoms with E-state index in [1.54, 1.807) is 0 Å². The molecule has 1 saturated heterocycles. The molecule has 0 radical (unpaired) electrons. The van der Waals surface area contributed by atoms with Crippen LogP contribution in [-0.2, 0) is 38.1 Å². The lowest BCUT2D eigenvalue weighted by atomic mass is 10.3. The van der Waals surface area contributed by atoms with Crippen molar-refractivity contribution in [2.75, 3.05) is 79.2 Å². The molecule has 1 heterocycles. The zero-order valence-corrected chi connectivity index (χ0v) is 17.8. The second-order valence-corrected chi connectivity index (χ2v) is 6.52. The molecule has 0 spiro atoms. The highest BCUT2D eigenvalue weighted by atomic mass is 16.5. The van der Waals surface area contributed by atoms with E-state index < -0.39 is 48.9 Å². The summed E-state index contributed by atoms with van der Waals surface area (Å²) in [6.45, 7) is -0.795. The topological polar surface area (TPSA) is 194 Å². The summed E-state index contributed by atoms with van der Waals surface area (Å²) in [5, 5.41) is 28.3. The fourth-order valence-corrected chi connectivity index (χ4v) is 2.37. The van der Waals surface area contributed by atoms with Crippen LogP contribution >= 0.6 is 0 Å². The van der Waals surface area contributed by atoms with Gasteiger partial charge in [-0.1, -0.05) is 0 Å². The van der Waals surface area contributed by atoms with Crippen molar-refractivity contribution in [3.05, 3.63) is 0 Å². The molecule has 0 aromatic carbocycles. The average Bonchev–Trinajstić information content (AvgIpc) is 2.78. The molecule has 0 aromatic rings. The molecule has 2 atom stereocenters. The van der Waals surface area contributed by atoms with Gasteiger partial charge in [0.1, 0.15) is 25.3 Å². The summed E-state index contributed by atoms with van der Waals surface area (Å²) in [5.41, 5.74) is 0. The van der Waals surface area contributed by atoms with E-state index in [1.807, 2.05) is 0 Å². The number of nitrogens with one attached hydrogen (secondary N) is 4. The summed E-state index contributed by atoms with van der Waals surface area (Å²) in [7, 11) is 0. The first kappa shape index (κ1) is 27.7. The minimum absolute atomic E-state index is 0.106. The normalized spacial score (nSPS) is 24.9. The monoisotopic (exact) mass is 464 g/mol. The lowest BCUT2D eigenvalue weighted by Crippen LogP contribution is -2.50. The van der Waals surface area contributed by atoms with E-state index in [4.69, 9.17) is 18.9 Å². The molecule has 6 N–H and O–H groups in total. The molecule has 0 aliphatic carbocycles. The largest absolute Gasteiger partial charge is 0.394 e. The Morgan fingerprint density at radius 2 is 1.00 bits per heavy atom. The van der Waals surface area contributed by atoms with E-state index in [0.29, 0.717) is 0 Å². The maximum absolute atomic E-state index is 12.0. The van der Waals surface area contributed by atoms with E-state index in [0.717, 1.165) is 0 Å². The first-order valence-electron chi connectivity index (χ1n) is 10.1. The molecular formula is C18H32N4O10. The van der Waals surface area contributed by atoms with Gasteiger partial charge in [-0.15, -0.1) is 0 Å². The van der Waals surface area contributed by atoms with Crippen molar-refractivity contribution in [2.24, 2.45) is 0 Å². The van der Waals surface area contributed by atoms with Crippen LogP contribution in [0.15, 0.2) is 0 Å². The lowest BCUT2D eigenvalue weighted by molar-refractivity contribution is -0.133. The number of aliphatic hydroxyl groups excluding tert-OH is 2. The molecule has 14 heteroatoms. The van der Waals surface area contributed by atoms with Gasteiger partial charge in [0.15, 0.2) is 0 Å². The van der Waals surface area contributed by atoms with Gasteiger partial charge in [-0.05, 0) is 0 Å². The third-order valence-electron chi connectivity index (χ3n) is 3.97. The minimum Gasteiger partial charge on any atom is -0.394 e. The van der Waals surface area contributed by atoms with Gasteiger partial charge in [0, 0.05) is 13.1 Å². The summed E-state index contributed by atoms with van der Waals surface area (Å²) in [4.78, 5) is 47.6. The molecule has 0 aromatic heterocycles. The number of hydrogen-bond donors (Lipinski definition) is 6. The van der Waals surface area contributed by atoms with Gasteiger partial charge in [0.2, 0.25) is 23.6 Å². The van der Waals surface area contributed by atoms with Crippen molar-refractivity contribution in [3.63, 3.8) is 0 Å². The predicted molar refractivity (Wildman–Crippen MR) is 107 cm³/mol. The van der Waals surface area contributed by atoms with Crippen LogP contribution in [0.1, 0.15) is 0 Å². The van der Waals surface area contributed by atoms with Crippen LogP contribution in [0.2, 0.25) is 0 Å². The highest BCUT2D eigenvalue weighted by Crippen LogP contribution is 1.88. The minimum atomic E-state index is -1.13. The number of hydrogen-bond acceptors (Lipinski definition) is 10. The molecule has 1 aliphatic rings. The molecule has 32 heavy (non-hydrogen) atoms. The van der Waals surface area contributed by atoms with E-state index in [9.17, 15) is 29.4 Å². The van der Waals surface area contributed by atoms with Gasteiger partial charge in [0.05, 0.1) is 52.9 Å². The first-order chi connectivity index (χ1) is 15.5. The fourth-order valence-electron chi connectivity index (χ4n) is 2.37. The highest BCUT2D eigenvalue weighted by molar-refractivity contribution is 5.88. The van der Waals surface area contributed by atoms with Gasteiger partial charge < -0.3 is 50.4 Å². The Hall–Kier alpha value is -2.36. The standard InChI is InChI=1S/C18H32N4O10/c23-9-13-17(27)19-1-3-29-4-2-20-18(28)14(10-24)22-16(26)12-32-8-6-30-5-7-31-11-15(25)21-13/h13-14,23-24H,1-12H2,(H,19,27)(H,20,28)(H,21,25)(H,22,26)/t13-,14-/m0/s1. The summed E-state index contributed by atoms with van der Waals surface area (Å²) in [5.74, 6) is -2.32. The zero-order valence-electron chi connectivity index (χ0n) is 17.8. The molecule has 0 unspecified atom stereocenters. The van der Waals surface area contributed by atoms with Crippen LogP contribution in [-0.4, -0.2) is 125 Å². The second-order valence-electron chi connectivity index (χ2n) is 6.52. The Labute approximate surface area is 185 Å². The van der Waals surface area contributed by atoms with E-state index >= 15 is 0 Å². The lowest BCUT2D eigenvalue weighted by Gasteiger charge is -2.17. The van der Waals surface area contributed by atoms with Crippen LogP contribution in [0.25, 0.3) is 0 Å². The third kappa shape index (κ3) is 12.5. The van der Waals surface area contributed by atoms with Crippen LogP contribution in [0.4, 0.5) is 0 Å². The maximum atomic E-state index is 12.0. The van der Waals surface area contributed by atoms with Crippen LogP contribution < -0.4 is 21.3 Å². The Morgan fingerprint density at radius 3 is 1.41 bits per heavy atom. The number of carbonyl (C=O) groups is 4. The average molecular weight is 464 g/mol. The third-order valence-corrected chi connectivity index (χ3v) is 3.97. The smallest absolute Gasteiger partial charge is 0.246 e. The Morgan fingerprint density at radius 1 is 0.625 bits per heavy atom. The molecule has 4 amide bonds. The van der Waals surface area contributed by atoms with Gasteiger partial charge in [-0.25, -0.2) is 0 Å². The molecular weight excluding hydrogens is 432 g/mol. The Bertz CT molecular complexity index is 544. The van der Waals surface area contributed by atoms with Crippen molar-refractivity contribution in [1.82, 2.24) is 21.3 Å². The Balaban J connectivity index is 2.52. The van der Waals surface area contributed by atoms with Crippen molar-refractivity contribution >= 4 is 23.6 Å². The van der Waals surface area contributed by atoms with Gasteiger partial charge in [-0.2, -0.15) is 0 Å². The highest BCUT2D eigenvalue weighted by Gasteiger charge is 2.20. The Kier molecular flexibility index (Phi) is 14.9. The van der Waals surface area contributed by atoms with Gasteiger partial charge in [0.25, 0.3) is 0 Å². The number of aliphatic hydroxyl groups is 2. The molecule has 0 bridgehead atoms. The van der Waals surface area contributed by atoms with Crippen molar-refractivity contribution < 1.29 is 48.3 Å². The second kappa shape index (κ2) is 17.2. The fraction of sp³-hybridized carbons (Fsp3) is 0.778. The number of rotatable bonds is 2. The molecule has 184 valence electrons. The van der Waals surface area contributed by atoms with Gasteiger partial charge in [-0.3, -0.25) is 19.2 Å². The number of carbonyl (C=O) groups excluding carboxylic acids is 4. The van der Waals surface area contributed by atoms with Crippen LogP contribution in [0.5, 0.6) is 0 Å². The zero-order chi connectivity index (χ0) is 23.6. The molecule has 14 nitrogen and oxygen atoms in total. The molecule has 1 aliphatic heterocycles. The van der Waals surface area contributed by atoms with Gasteiger partial charge >= 0.3 is 0 Å². The van der Waals surface area contributed by atoms with Crippen molar-refractivity contribution in [1.29, 1.82) is 0 Å². The van der Waals surface area contributed by atoms with E-state index in [-0.39, 0.29) is 65.9 Å². The van der Waals surface area contributed by atoms with E-state index in [2.05, 4.69) is 21.3 Å². The SMILES string of the molecule is O=C1COCCOCCOCC(=O)N[C@@H](CO)C(=O)NCCOCCNC(=O)[C@H](CO)N1.